The largest absolute Gasteiger partial charge is 0.493 e. The molecule has 0 radical (unpaired) electrons. The summed E-state index contributed by atoms with van der Waals surface area (Å²) in [6.07, 6.45) is 0. The fourth-order valence-electron chi connectivity index (χ4n) is 2.24. The van der Waals surface area contributed by atoms with E-state index in [0.29, 0.717) is 23.8 Å². The summed E-state index contributed by atoms with van der Waals surface area (Å²) < 4.78 is 16.1. The van der Waals surface area contributed by atoms with Crippen LogP contribution in [-0.2, 0) is 13.1 Å². The third-order valence-corrected chi connectivity index (χ3v) is 3.27. The van der Waals surface area contributed by atoms with Gasteiger partial charge in [-0.25, -0.2) is 0 Å². The number of benzene rings is 2. The molecule has 4 heteroatoms. The number of ether oxygens (including phenoxy) is 3. The molecule has 0 saturated carbocycles. The van der Waals surface area contributed by atoms with Crippen molar-refractivity contribution in [2.75, 3.05) is 21.3 Å². The van der Waals surface area contributed by atoms with Crippen LogP contribution in [0.1, 0.15) is 11.1 Å². The zero-order valence-electron chi connectivity index (χ0n) is 12.7. The van der Waals surface area contributed by atoms with Gasteiger partial charge in [-0.15, -0.1) is 0 Å². The van der Waals surface area contributed by atoms with Gasteiger partial charge in [0.25, 0.3) is 0 Å². The van der Waals surface area contributed by atoms with E-state index in [9.17, 15) is 0 Å². The van der Waals surface area contributed by atoms with Crippen LogP contribution in [0.4, 0.5) is 0 Å². The first kappa shape index (κ1) is 15.2. The average Bonchev–Trinajstić information content (AvgIpc) is 2.55. The van der Waals surface area contributed by atoms with Crippen LogP contribution in [0.2, 0.25) is 0 Å². The van der Waals surface area contributed by atoms with Crippen LogP contribution in [0, 0.1) is 0 Å². The predicted molar refractivity (Wildman–Crippen MR) is 83.1 cm³/mol. The summed E-state index contributed by atoms with van der Waals surface area (Å²) in [4.78, 5) is 0. The highest BCUT2D eigenvalue weighted by Gasteiger charge is 2.15. The van der Waals surface area contributed by atoms with Gasteiger partial charge in [0.1, 0.15) is 0 Å². The van der Waals surface area contributed by atoms with Gasteiger partial charge < -0.3 is 19.5 Å². The average molecular weight is 287 g/mol. The second-order valence-electron chi connectivity index (χ2n) is 4.58. The lowest BCUT2D eigenvalue weighted by molar-refractivity contribution is 0.321. The molecule has 0 spiro atoms. The molecule has 2 aromatic carbocycles. The van der Waals surface area contributed by atoms with Gasteiger partial charge in [0.2, 0.25) is 5.75 Å². The number of rotatable bonds is 7. The number of nitrogens with one attached hydrogen (secondary N) is 1. The van der Waals surface area contributed by atoms with E-state index >= 15 is 0 Å². The summed E-state index contributed by atoms with van der Waals surface area (Å²) in [5, 5.41) is 3.41. The lowest BCUT2D eigenvalue weighted by Gasteiger charge is -2.16. The van der Waals surface area contributed by atoms with Crippen LogP contribution < -0.4 is 19.5 Å². The molecule has 0 aliphatic heterocycles. The van der Waals surface area contributed by atoms with Gasteiger partial charge in [-0.2, -0.15) is 0 Å². The lowest BCUT2D eigenvalue weighted by Crippen LogP contribution is -2.13. The third kappa shape index (κ3) is 3.67. The summed E-state index contributed by atoms with van der Waals surface area (Å²) in [6, 6.07) is 14.2. The normalized spacial score (nSPS) is 10.2. The van der Waals surface area contributed by atoms with E-state index in [0.717, 1.165) is 12.1 Å². The molecular formula is C17H21NO3. The zero-order valence-corrected chi connectivity index (χ0v) is 12.7. The standard InChI is InChI=1S/C17H21NO3/c1-19-15-10-9-14(16(20-2)17(15)21-3)12-18-11-13-7-5-4-6-8-13/h4-10,18H,11-12H2,1-3H3. The molecule has 0 aliphatic rings. The molecule has 0 heterocycles. The van der Waals surface area contributed by atoms with Crippen molar-refractivity contribution in [3.05, 3.63) is 53.6 Å². The van der Waals surface area contributed by atoms with Crippen molar-refractivity contribution in [3.63, 3.8) is 0 Å². The van der Waals surface area contributed by atoms with Crippen molar-refractivity contribution < 1.29 is 14.2 Å². The molecule has 0 saturated heterocycles. The summed E-state index contributed by atoms with van der Waals surface area (Å²) in [5.74, 6) is 2.00. The van der Waals surface area contributed by atoms with E-state index < -0.39 is 0 Å². The molecule has 1 N–H and O–H groups in total. The maximum atomic E-state index is 5.47. The number of hydrogen-bond donors (Lipinski definition) is 1. The van der Waals surface area contributed by atoms with Crippen molar-refractivity contribution in [2.45, 2.75) is 13.1 Å². The van der Waals surface area contributed by atoms with Crippen LogP contribution in [0.3, 0.4) is 0 Å². The lowest BCUT2D eigenvalue weighted by atomic mass is 10.1. The van der Waals surface area contributed by atoms with E-state index in [2.05, 4.69) is 17.4 Å². The van der Waals surface area contributed by atoms with Gasteiger partial charge in [0.15, 0.2) is 11.5 Å². The van der Waals surface area contributed by atoms with Crippen molar-refractivity contribution in [3.8, 4) is 17.2 Å². The molecule has 0 aromatic heterocycles. The van der Waals surface area contributed by atoms with E-state index in [-0.39, 0.29) is 0 Å². The minimum atomic E-state index is 0.624. The molecule has 0 amide bonds. The van der Waals surface area contributed by atoms with Gasteiger partial charge in [0.05, 0.1) is 21.3 Å². The Balaban J connectivity index is 2.09. The van der Waals surface area contributed by atoms with Crippen molar-refractivity contribution in [1.82, 2.24) is 5.32 Å². The van der Waals surface area contributed by atoms with Gasteiger partial charge in [-0.3, -0.25) is 0 Å². The van der Waals surface area contributed by atoms with Crippen LogP contribution in [-0.4, -0.2) is 21.3 Å². The molecule has 2 aromatic rings. The fourth-order valence-corrected chi connectivity index (χ4v) is 2.24. The first-order valence-electron chi connectivity index (χ1n) is 6.82. The Bertz CT molecular complexity index is 570. The number of methoxy groups -OCH3 is 3. The molecule has 0 unspecified atom stereocenters. The molecule has 112 valence electrons. The number of hydrogen-bond acceptors (Lipinski definition) is 4. The van der Waals surface area contributed by atoms with E-state index in [1.807, 2.05) is 30.3 Å². The summed E-state index contributed by atoms with van der Waals surface area (Å²) >= 11 is 0. The first-order valence-corrected chi connectivity index (χ1v) is 6.82. The molecule has 0 atom stereocenters. The Morgan fingerprint density at radius 1 is 0.762 bits per heavy atom. The van der Waals surface area contributed by atoms with Crippen molar-refractivity contribution in [1.29, 1.82) is 0 Å². The predicted octanol–water partition coefficient (Wildman–Crippen LogP) is 3.00. The fraction of sp³-hybridized carbons (Fsp3) is 0.294. The maximum Gasteiger partial charge on any atom is 0.203 e. The molecule has 4 nitrogen and oxygen atoms in total. The second kappa shape index (κ2) is 7.55. The van der Waals surface area contributed by atoms with E-state index in [4.69, 9.17) is 14.2 Å². The highest BCUT2D eigenvalue weighted by atomic mass is 16.5. The summed E-state index contributed by atoms with van der Waals surface area (Å²) in [6.45, 7) is 1.50. The molecule has 0 fully saturated rings. The second-order valence-corrected chi connectivity index (χ2v) is 4.58. The topological polar surface area (TPSA) is 39.7 Å². The van der Waals surface area contributed by atoms with Gasteiger partial charge in [-0.05, 0) is 11.6 Å². The van der Waals surface area contributed by atoms with Crippen LogP contribution >= 0.6 is 0 Å². The van der Waals surface area contributed by atoms with Crippen molar-refractivity contribution in [2.24, 2.45) is 0 Å². The maximum absolute atomic E-state index is 5.47. The minimum absolute atomic E-state index is 0.624. The monoisotopic (exact) mass is 287 g/mol. The van der Waals surface area contributed by atoms with Gasteiger partial charge in [-0.1, -0.05) is 36.4 Å². The Labute approximate surface area is 125 Å². The Morgan fingerprint density at radius 3 is 2.10 bits per heavy atom. The molecule has 0 aliphatic carbocycles. The minimum Gasteiger partial charge on any atom is -0.493 e. The smallest absolute Gasteiger partial charge is 0.203 e. The van der Waals surface area contributed by atoms with E-state index in [1.54, 1.807) is 21.3 Å². The van der Waals surface area contributed by atoms with Crippen LogP contribution in [0.25, 0.3) is 0 Å². The van der Waals surface area contributed by atoms with Gasteiger partial charge >= 0.3 is 0 Å². The zero-order chi connectivity index (χ0) is 15.1. The Hall–Kier alpha value is -2.20. The molecule has 21 heavy (non-hydrogen) atoms. The highest BCUT2D eigenvalue weighted by Crippen LogP contribution is 2.39. The summed E-state index contributed by atoms with van der Waals surface area (Å²) in [5.41, 5.74) is 2.28. The summed E-state index contributed by atoms with van der Waals surface area (Å²) in [7, 11) is 4.87. The molecular weight excluding hydrogens is 266 g/mol. The Morgan fingerprint density at radius 2 is 1.48 bits per heavy atom. The quantitative estimate of drug-likeness (QED) is 0.850. The SMILES string of the molecule is COc1ccc(CNCc2ccccc2)c(OC)c1OC. The first-order chi connectivity index (χ1) is 10.3. The Kier molecular flexibility index (Phi) is 5.46. The highest BCUT2D eigenvalue weighted by molar-refractivity contribution is 5.55. The van der Waals surface area contributed by atoms with Crippen molar-refractivity contribution >= 4 is 0 Å². The molecule has 2 rings (SSSR count). The van der Waals surface area contributed by atoms with Crippen LogP contribution in [0.15, 0.2) is 42.5 Å². The van der Waals surface area contributed by atoms with Crippen LogP contribution in [0.5, 0.6) is 17.2 Å². The third-order valence-electron chi connectivity index (χ3n) is 3.27. The molecule has 0 bridgehead atoms. The van der Waals surface area contributed by atoms with Gasteiger partial charge in [0, 0.05) is 18.7 Å². The van der Waals surface area contributed by atoms with E-state index in [1.165, 1.54) is 5.56 Å².